The van der Waals surface area contributed by atoms with E-state index in [1.54, 1.807) is 6.20 Å². The van der Waals surface area contributed by atoms with E-state index in [0.29, 0.717) is 24.1 Å². The lowest BCUT2D eigenvalue weighted by Gasteiger charge is -2.28. The number of pyridine rings is 1. The topological polar surface area (TPSA) is 54.5 Å². The standard InChI is InChI=1S/C20H23N3O2/c24-20(22-14-16-12-18(16)15-4-2-1-3-5-15)19-13-17(6-7-21-19)23-8-10-25-11-9-23/h1-7,13,16,18H,8-12,14H2,(H,22,24). The van der Waals surface area contributed by atoms with Gasteiger partial charge in [-0.05, 0) is 36.0 Å². The van der Waals surface area contributed by atoms with Crippen molar-refractivity contribution in [1.82, 2.24) is 10.3 Å². The minimum Gasteiger partial charge on any atom is -0.378 e. The summed E-state index contributed by atoms with van der Waals surface area (Å²) in [5, 5.41) is 3.05. The van der Waals surface area contributed by atoms with Gasteiger partial charge < -0.3 is 15.0 Å². The largest absolute Gasteiger partial charge is 0.378 e. The summed E-state index contributed by atoms with van der Waals surface area (Å²) in [5.41, 5.74) is 2.90. The number of nitrogens with zero attached hydrogens (tertiary/aromatic N) is 2. The molecule has 0 radical (unpaired) electrons. The van der Waals surface area contributed by atoms with E-state index in [4.69, 9.17) is 4.74 Å². The zero-order chi connectivity index (χ0) is 17.1. The Kier molecular flexibility index (Phi) is 4.65. The summed E-state index contributed by atoms with van der Waals surface area (Å²) in [5.74, 6) is 1.02. The number of carbonyl (C=O) groups excluding carboxylic acids is 1. The van der Waals surface area contributed by atoms with E-state index >= 15 is 0 Å². The Hall–Kier alpha value is -2.40. The molecule has 5 nitrogen and oxygen atoms in total. The van der Waals surface area contributed by atoms with Crippen LogP contribution in [0.4, 0.5) is 5.69 Å². The molecule has 2 aromatic rings. The van der Waals surface area contributed by atoms with Gasteiger partial charge in [-0.15, -0.1) is 0 Å². The molecule has 1 N–H and O–H groups in total. The Morgan fingerprint density at radius 2 is 2.00 bits per heavy atom. The van der Waals surface area contributed by atoms with Crippen LogP contribution in [0.3, 0.4) is 0 Å². The summed E-state index contributed by atoms with van der Waals surface area (Å²) in [6.45, 7) is 3.87. The van der Waals surface area contributed by atoms with Gasteiger partial charge in [-0.2, -0.15) is 0 Å². The number of carbonyl (C=O) groups is 1. The maximum Gasteiger partial charge on any atom is 0.269 e. The molecule has 1 aliphatic carbocycles. The first kappa shape index (κ1) is 16.1. The third kappa shape index (κ3) is 3.82. The minimum atomic E-state index is -0.0891. The molecule has 5 heteroatoms. The molecule has 2 aliphatic rings. The molecule has 2 unspecified atom stereocenters. The van der Waals surface area contributed by atoms with Crippen LogP contribution in [0.25, 0.3) is 0 Å². The molecule has 1 aromatic heterocycles. The van der Waals surface area contributed by atoms with Crippen molar-refractivity contribution in [2.45, 2.75) is 12.3 Å². The quantitative estimate of drug-likeness (QED) is 0.911. The molecule has 130 valence electrons. The van der Waals surface area contributed by atoms with Crippen molar-refractivity contribution in [3.8, 4) is 0 Å². The molecule has 0 spiro atoms. The lowest BCUT2D eigenvalue weighted by atomic mass is 10.1. The van der Waals surface area contributed by atoms with Crippen LogP contribution in [0, 0.1) is 5.92 Å². The van der Waals surface area contributed by atoms with E-state index in [1.165, 1.54) is 5.56 Å². The summed E-state index contributed by atoms with van der Waals surface area (Å²) in [4.78, 5) is 18.9. The van der Waals surface area contributed by atoms with Gasteiger partial charge in [-0.1, -0.05) is 30.3 Å². The number of aromatic nitrogens is 1. The van der Waals surface area contributed by atoms with Crippen LogP contribution in [0.15, 0.2) is 48.7 Å². The van der Waals surface area contributed by atoms with Gasteiger partial charge in [0.05, 0.1) is 13.2 Å². The van der Waals surface area contributed by atoms with Crippen LogP contribution >= 0.6 is 0 Å². The SMILES string of the molecule is O=C(NCC1CC1c1ccccc1)c1cc(N2CCOCC2)ccn1. The highest BCUT2D eigenvalue weighted by Gasteiger charge is 2.38. The van der Waals surface area contributed by atoms with E-state index in [1.807, 2.05) is 18.2 Å². The predicted octanol–water partition coefficient (Wildman–Crippen LogP) is 2.45. The summed E-state index contributed by atoms with van der Waals surface area (Å²) in [7, 11) is 0. The molecular weight excluding hydrogens is 314 g/mol. The predicted molar refractivity (Wildman–Crippen MR) is 96.9 cm³/mol. The Balaban J connectivity index is 1.33. The van der Waals surface area contributed by atoms with E-state index in [0.717, 1.165) is 38.4 Å². The normalized spacial score (nSPS) is 22.5. The number of nitrogens with one attached hydrogen (secondary N) is 1. The Bertz CT molecular complexity index is 729. The number of morpholine rings is 1. The number of amides is 1. The number of ether oxygens (including phenoxy) is 1. The second-order valence-corrected chi connectivity index (χ2v) is 6.72. The Labute approximate surface area is 148 Å². The lowest BCUT2D eigenvalue weighted by Crippen LogP contribution is -2.36. The van der Waals surface area contributed by atoms with Crippen molar-refractivity contribution >= 4 is 11.6 Å². The third-order valence-electron chi connectivity index (χ3n) is 5.03. The molecule has 2 heterocycles. The van der Waals surface area contributed by atoms with Gasteiger partial charge in [0.2, 0.25) is 0 Å². The van der Waals surface area contributed by atoms with Crippen LogP contribution in [0.5, 0.6) is 0 Å². The van der Waals surface area contributed by atoms with Gasteiger partial charge >= 0.3 is 0 Å². The van der Waals surface area contributed by atoms with Crippen molar-refractivity contribution in [1.29, 1.82) is 0 Å². The summed E-state index contributed by atoms with van der Waals surface area (Å²) < 4.78 is 5.38. The fourth-order valence-electron chi connectivity index (χ4n) is 3.46. The number of anilines is 1. The van der Waals surface area contributed by atoms with Crippen molar-refractivity contribution in [2.24, 2.45) is 5.92 Å². The van der Waals surface area contributed by atoms with E-state index in [9.17, 15) is 4.79 Å². The number of hydrogen-bond acceptors (Lipinski definition) is 4. The molecule has 4 rings (SSSR count). The average Bonchev–Trinajstić information content (AvgIpc) is 3.47. The zero-order valence-electron chi connectivity index (χ0n) is 14.2. The molecular formula is C20H23N3O2. The van der Waals surface area contributed by atoms with Gasteiger partial charge in [-0.25, -0.2) is 0 Å². The highest BCUT2D eigenvalue weighted by atomic mass is 16.5. The first-order valence-electron chi connectivity index (χ1n) is 8.93. The van der Waals surface area contributed by atoms with Crippen molar-refractivity contribution in [3.63, 3.8) is 0 Å². The molecule has 1 aliphatic heterocycles. The average molecular weight is 337 g/mol. The van der Waals surface area contributed by atoms with Crippen LogP contribution < -0.4 is 10.2 Å². The van der Waals surface area contributed by atoms with Gasteiger partial charge in [0.1, 0.15) is 5.69 Å². The van der Waals surface area contributed by atoms with E-state index in [2.05, 4.69) is 39.5 Å². The first-order valence-corrected chi connectivity index (χ1v) is 8.93. The Morgan fingerprint density at radius 3 is 2.80 bits per heavy atom. The van der Waals surface area contributed by atoms with Crippen molar-refractivity contribution in [3.05, 3.63) is 59.9 Å². The maximum atomic E-state index is 12.4. The lowest BCUT2D eigenvalue weighted by molar-refractivity contribution is 0.0946. The molecule has 1 aromatic carbocycles. The number of hydrogen-bond donors (Lipinski definition) is 1. The molecule has 1 saturated heterocycles. The zero-order valence-corrected chi connectivity index (χ0v) is 14.2. The van der Waals surface area contributed by atoms with Gasteiger partial charge in [0.25, 0.3) is 5.91 Å². The summed E-state index contributed by atoms with van der Waals surface area (Å²) in [6, 6.07) is 14.3. The molecule has 25 heavy (non-hydrogen) atoms. The summed E-state index contributed by atoms with van der Waals surface area (Å²) >= 11 is 0. The second-order valence-electron chi connectivity index (χ2n) is 6.72. The van der Waals surface area contributed by atoms with Gasteiger partial charge in [-0.3, -0.25) is 9.78 Å². The fraction of sp³-hybridized carbons (Fsp3) is 0.400. The van der Waals surface area contributed by atoms with Crippen molar-refractivity contribution < 1.29 is 9.53 Å². The smallest absolute Gasteiger partial charge is 0.269 e. The Morgan fingerprint density at radius 1 is 1.20 bits per heavy atom. The monoisotopic (exact) mass is 337 g/mol. The van der Waals surface area contributed by atoms with Crippen LogP contribution in [0.2, 0.25) is 0 Å². The van der Waals surface area contributed by atoms with Gasteiger partial charge in [0.15, 0.2) is 0 Å². The highest BCUT2D eigenvalue weighted by molar-refractivity contribution is 5.93. The molecule has 1 amide bonds. The van der Waals surface area contributed by atoms with Crippen LogP contribution in [0.1, 0.15) is 28.4 Å². The fourth-order valence-corrected chi connectivity index (χ4v) is 3.46. The molecule has 2 atom stereocenters. The van der Waals surface area contributed by atoms with Gasteiger partial charge in [0, 0.05) is 31.5 Å². The first-order chi connectivity index (χ1) is 12.3. The van der Waals surface area contributed by atoms with Crippen LogP contribution in [-0.2, 0) is 4.74 Å². The molecule has 2 fully saturated rings. The maximum absolute atomic E-state index is 12.4. The summed E-state index contributed by atoms with van der Waals surface area (Å²) in [6.07, 6.45) is 2.86. The highest BCUT2D eigenvalue weighted by Crippen LogP contribution is 2.46. The number of benzene rings is 1. The van der Waals surface area contributed by atoms with Crippen LogP contribution in [-0.4, -0.2) is 43.7 Å². The van der Waals surface area contributed by atoms with E-state index < -0.39 is 0 Å². The molecule has 0 bridgehead atoms. The minimum absolute atomic E-state index is 0.0891. The number of rotatable bonds is 5. The second kappa shape index (κ2) is 7.23. The van der Waals surface area contributed by atoms with Crippen molar-refractivity contribution in [2.75, 3.05) is 37.7 Å². The van der Waals surface area contributed by atoms with E-state index in [-0.39, 0.29) is 5.91 Å². The molecule has 1 saturated carbocycles. The third-order valence-corrected chi connectivity index (χ3v) is 5.03.